The van der Waals surface area contributed by atoms with Gasteiger partial charge in [-0.05, 0) is 49.9 Å². The molecule has 0 spiro atoms. The lowest BCUT2D eigenvalue weighted by Crippen LogP contribution is -2.54. The topological polar surface area (TPSA) is 84.7 Å². The lowest BCUT2D eigenvalue weighted by Gasteiger charge is -2.30. The zero-order valence-corrected chi connectivity index (χ0v) is 17.9. The first kappa shape index (κ1) is 23.6. The molecule has 6 nitrogen and oxygen atoms in total. The number of para-hydroxylation sites is 2. The van der Waals surface area contributed by atoms with Crippen molar-refractivity contribution in [1.29, 1.82) is 0 Å². The molecule has 32 heavy (non-hydrogen) atoms. The van der Waals surface area contributed by atoms with Crippen molar-refractivity contribution in [1.82, 2.24) is 5.32 Å². The quantitative estimate of drug-likeness (QED) is 0.709. The van der Waals surface area contributed by atoms with Crippen molar-refractivity contribution in [2.24, 2.45) is 5.73 Å². The molecule has 2 amide bonds. The van der Waals surface area contributed by atoms with Gasteiger partial charge in [-0.25, -0.2) is 0 Å². The van der Waals surface area contributed by atoms with Crippen molar-refractivity contribution in [3.63, 3.8) is 0 Å². The summed E-state index contributed by atoms with van der Waals surface area (Å²) < 4.78 is 42.0. The van der Waals surface area contributed by atoms with Gasteiger partial charge in [0.1, 0.15) is 11.8 Å². The lowest BCUT2D eigenvalue weighted by atomic mass is 10.0. The predicted molar refractivity (Wildman–Crippen MR) is 114 cm³/mol. The average molecular weight is 449 g/mol. The van der Waals surface area contributed by atoms with Gasteiger partial charge in [-0.2, -0.15) is 0 Å². The highest BCUT2D eigenvalue weighted by Gasteiger charge is 2.34. The van der Waals surface area contributed by atoms with E-state index in [1.165, 1.54) is 24.3 Å². The van der Waals surface area contributed by atoms with Crippen LogP contribution in [0.2, 0.25) is 0 Å². The Morgan fingerprint density at radius 3 is 2.53 bits per heavy atom. The zero-order chi connectivity index (χ0) is 23.5. The minimum atomic E-state index is -4.86. The predicted octanol–water partition coefficient (Wildman–Crippen LogP) is 3.33. The number of nitrogens with one attached hydrogen (secondary N) is 1. The molecule has 0 aliphatic carbocycles. The second-order valence-electron chi connectivity index (χ2n) is 8.00. The molecule has 0 saturated carbocycles. The van der Waals surface area contributed by atoms with Crippen LogP contribution in [-0.2, 0) is 22.4 Å². The number of nitrogens with zero attached hydrogens (tertiary/aromatic N) is 1. The highest BCUT2D eigenvalue weighted by molar-refractivity contribution is 6.01. The van der Waals surface area contributed by atoms with Crippen LogP contribution in [-0.4, -0.2) is 36.3 Å². The largest absolute Gasteiger partial charge is 0.573 e. The van der Waals surface area contributed by atoms with Crippen LogP contribution in [0, 0.1) is 0 Å². The Kier molecular flexibility index (Phi) is 7.08. The number of ether oxygens (including phenoxy) is 1. The molecule has 0 saturated heterocycles. The van der Waals surface area contributed by atoms with Crippen molar-refractivity contribution in [3.05, 3.63) is 59.7 Å². The number of rotatable bonds is 6. The summed E-state index contributed by atoms with van der Waals surface area (Å²) in [6.07, 6.45) is -4.05. The number of fused-ring (bicyclic) bond motifs is 1. The van der Waals surface area contributed by atoms with Gasteiger partial charge >= 0.3 is 6.36 Å². The number of aryl methyl sites for hydroxylation is 1. The van der Waals surface area contributed by atoms with Gasteiger partial charge in [-0.15, -0.1) is 13.2 Å². The van der Waals surface area contributed by atoms with Crippen molar-refractivity contribution in [2.75, 3.05) is 4.90 Å². The normalized spacial score (nSPS) is 17.5. The van der Waals surface area contributed by atoms with Crippen molar-refractivity contribution in [3.8, 4) is 5.75 Å². The maximum atomic E-state index is 13.2. The average Bonchev–Trinajstić information content (AvgIpc) is 2.85. The van der Waals surface area contributed by atoms with Gasteiger partial charge in [0.2, 0.25) is 11.8 Å². The van der Waals surface area contributed by atoms with E-state index in [4.69, 9.17) is 5.73 Å². The van der Waals surface area contributed by atoms with E-state index in [1.807, 2.05) is 38.1 Å². The maximum absolute atomic E-state index is 13.2. The molecule has 3 rings (SSSR count). The number of anilines is 1. The summed E-state index contributed by atoms with van der Waals surface area (Å²) in [5.41, 5.74) is 7.96. The number of halogens is 3. The third-order valence-electron chi connectivity index (χ3n) is 5.30. The van der Waals surface area contributed by atoms with E-state index in [9.17, 15) is 22.8 Å². The summed E-state index contributed by atoms with van der Waals surface area (Å²) in [7, 11) is 0. The molecule has 9 heteroatoms. The van der Waals surface area contributed by atoms with Gasteiger partial charge < -0.3 is 20.7 Å². The fourth-order valence-electron chi connectivity index (χ4n) is 3.84. The van der Waals surface area contributed by atoms with Gasteiger partial charge in [0.25, 0.3) is 0 Å². The van der Waals surface area contributed by atoms with Crippen LogP contribution in [0.4, 0.5) is 18.9 Å². The smallest absolute Gasteiger partial charge is 0.406 e. The highest BCUT2D eigenvalue weighted by atomic mass is 19.4. The fraction of sp³-hybridized carbons (Fsp3) is 0.391. The zero-order valence-electron chi connectivity index (χ0n) is 17.9. The second-order valence-corrected chi connectivity index (χ2v) is 8.00. The standard InChI is InChI=1S/C23H26F3N3O3/c1-14(2)29-19-9-5-3-7-15(19)11-12-18(22(29)31)28-21(30)17(27)13-16-8-4-6-10-20(16)32-23(24,25)26/h3-10,14,17-18H,11-13,27H2,1-2H3,(H,28,30)/t17-,18-/m1/s1. The molecule has 0 bridgehead atoms. The first-order valence-corrected chi connectivity index (χ1v) is 10.4. The fourth-order valence-corrected chi connectivity index (χ4v) is 3.84. The Labute approximate surface area is 184 Å². The van der Waals surface area contributed by atoms with Crippen LogP contribution in [0.5, 0.6) is 5.75 Å². The van der Waals surface area contributed by atoms with Gasteiger partial charge in [0, 0.05) is 18.2 Å². The molecule has 1 aliphatic rings. The van der Waals surface area contributed by atoms with Crippen molar-refractivity contribution < 1.29 is 27.5 Å². The Balaban J connectivity index is 1.73. The van der Waals surface area contributed by atoms with Gasteiger partial charge in [-0.3, -0.25) is 9.59 Å². The van der Waals surface area contributed by atoms with E-state index in [0.29, 0.717) is 12.8 Å². The molecule has 2 atom stereocenters. The molecule has 2 aromatic carbocycles. The third kappa shape index (κ3) is 5.59. The minimum Gasteiger partial charge on any atom is -0.406 e. The highest BCUT2D eigenvalue weighted by Crippen LogP contribution is 2.29. The summed E-state index contributed by atoms with van der Waals surface area (Å²) in [5.74, 6) is -1.26. The molecule has 1 aliphatic heterocycles. The van der Waals surface area contributed by atoms with E-state index in [2.05, 4.69) is 10.1 Å². The van der Waals surface area contributed by atoms with E-state index in [-0.39, 0.29) is 23.9 Å². The molecule has 3 N–H and O–H groups in total. The molecule has 0 radical (unpaired) electrons. The van der Waals surface area contributed by atoms with Crippen LogP contribution in [0.3, 0.4) is 0 Å². The Morgan fingerprint density at radius 2 is 1.84 bits per heavy atom. The van der Waals surface area contributed by atoms with Gasteiger partial charge in [0.15, 0.2) is 0 Å². The number of carbonyl (C=O) groups is 2. The number of alkyl halides is 3. The number of hydrogen-bond acceptors (Lipinski definition) is 4. The van der Waals surface area contributed by atoms with Crippen LogP contribution in [0.15, 0.2) is 48.5 Å². The number of nitrogens with two attached hydrogens (primary N) is 1. The molecule has 0 unspecified atom stereocenters. The van der Waals surface area contributed by atoms with Crippen molar-refractivity contribution >= 4 is 17.5 Å². The Bertz CT molecular complexity index is 978. The summed E-state index contributed by atoms with van der Waals surface area (Å²) in [6.45, 7) is 3.78. The molecule has 0 aromatic heterocycles. The van der Waals surface area contributed by atoms with Crippen molar-refractivity contribution in [2.45, 2.75) is 57.6 Å². The summed E-state index contributed by atoms with van der Waals surface area (Å²) in [4.78, 5) is 27.6. The molecule has 2 aromatic rings. The number of amides is 2. The van der Waals surface area contributed by atoms with E-state index < -0.39 is 30.1 Å². The molecular formula is C23H26F3N3O3. The lowest BCUT2D eigenvalue weighted by molar-refractivity contribution is -0.274. The summed E-state index contributed by atoms with van der Waals surface area (Å²) in [6, 6.07) is 11.0. The number of benzene rings is 2. The Morgan fingerprint density at radius 1 is 1.19 bits per heavy atom. The maximum Gasteiger partial charge on any atom is 0.573 e. The first-order valence-electron chi connectivity index (χ1n) is 10.4. The number of hydrogen-bond donors (Lipinski definition) is 2. The molecule has 1 heterocycles. The molecule has 0 fully saturated rings. The summed E-state index contributed by atoms with van der Waals surface area (Å²) >= 11 is 0. The van der Waals surface area contributed by atoms with Gasteiger partial charge in [-0.1, -0.05) is 36.4 Å². The first-order chi connectivity index (χ1) is 15.1. The molecular weight excluding hydrogens is 423 g/mol. The van der Waals surface area contributed by atoms with E-state index in [1.54, 1.807) is 4.90 Å². The monoisotopic (exact) mass is 449 g/mol. The Hall–Kier alpha value is -3.07. The SMILES string of the molecule is CC(C)N1C(=O)[C@H](NC(=O)[C@H](N)Cc2ccccc2OC(F)(F)F)CCc2ccccc21. The minimum absolute atomic E-state index is 0.124. The molecule has 172 valence electrons. The van der Waals surface area contributed by atoms with Gasteiger partial charge in [0.05, 0.1) is 6.04 Å². The third-order valence-corrected chi connectivity index (χ3v) is 5.30. The summed E-state index contributed by atoms with van der Waals surface area (Å²) in [5, 5.41) is 2.70. The second kappa shape index (κ2) is 9.60. The van der Waals surface area contributed by atoms with E-state index >= 15 is 0 Å². The number of carbonyl (C=O) groups excluding carboxylic acids is 2. The van der Waals surface area contributed by atoms with Crippen LogP contribution in [0.1, 0.15) is 31.4 Å². The van der Waals surface area contributed by atoms with E-state index in [0.717, 1.165) is 11.3 Å². The van der Waals surface area contributed by atoms with Crippen LogP contribution in [0.25, 0.3) is 0 Å². The van der Waals surface area contributed by atoms with Crippen LogP contribution < -0.4 is 20.7 Å². The van der Waals surface area contributed by atoms with Crippen LogP contribution >= 0.6 is 0 Å².